The maximum Gasteiger partial charge on any atom is 0.374 e. The summed E-state index contributed by atoms with van der Waals surface area (Å²) in [6, 6.07) is 0. The van der Waals surface area contributed by atoms with Gasteiger partial charge in [0.25, 0.3) is 0 Å². The van der Waals surface area contributed by atoms with E-state index in [4.69, 9.17) is 0 Å². The molecule has 0 radical (unpaired) electrons. The van der Waals surface area contributed by atoms with E-state index in [-0.39, 0.29) is 28.4 Å². The van der Waals surface area contributed by atoms with Gasteiger partial charge < -0.3 is 14.3 Å². The molecule has 0 aromatic rings. The predicted molar refractivity (Wildman–Crippen MR) is 102 cm³/mol. The number of thioether (sulfide) groups is 1. The van der Waals surface area contributed by atoms with Crippen molar-refractivity contribution in [3.8, 4) is 0 Å². The molecule has 0 aromatic heterocycles. The van der Waals surface area contributed by atoms with Gasteiger partial charge in [-0.15, -0.1) is 0 Å². The Balaban J connectivity index is -0.0000000757. The molecule has 0 fully saturated rings. The number of carbonyl (C=O) groups is 7. The van der Waals surface area contributed by atoms with Crippen LogP contribution in [0.25, 0.3) is 0 Å². The molecule has 0 aliphatic heterocycles. The zero-order valence-corrected chi connectivity index (χ0v) is 18.4. The van der Waals surface area contributed by atoms with E-state index in [2.05, 4.69) is 9.47 Å². The van der Waals surface area contributed by atoms with Gasteiger partial charge in [-0.3, -0.25) is 24.0 Å². The maximum atomic E-state index is 9.94. The number of methoxy groups -OCH3 is 2. The first kappa shape index (κ1) is 35.7. The van der Waals surface area contributed by atoms with Gasteiger partial charge >= 0.3 is 11.9 Å². The monoisotopic (exact) mass is 410 g/mol. The van der Waals surface area contributed by atoms with E-state index in [1.807, 2.05) is 0 Å². The third kappa shape index (κ3) is 81.7. The van der Waals surface area contributed by atoms with Crippen LogP contribution in [0.3, 0.4) is 0 Å². The number of hydrogen-bond acceptors (Lipinski definition) is 10. The Hall–Kier alpha value is -2.36. The van der Waals surface area contributed by atoms with Crippen molar-refractivity contribution in [3.63, 3.8) is 0 Å². The number of rotatable bonds is 2. The van der Waals surface area contributed by atoms with E-state index in [1.54, 1.807) is 13.2 Å². The summed E-state index contributed by atoms with van der Waals surface area (Å²) in [6.45, 7) is 9.63. The van der Waals surface area contributed by atoms with E-state index >= 15 is 0 Å². The van der Waals surface area contributed by atoms with Crippen molar-refractivity contribution in [2.75, 3.05) is 20.5 Å². The van der Waals surface area contributed by atoms with Crippen molar-refractivity contribution in [3.05, 3.63) is 0 Å². The normalized spacial score (nSPS) is 7.33. The summed E-state index contributed by atoms with van der Waals surface area (Å²) in [4.78, 5) is 68.2. The first-order chi connectivity index (χ1) is 12.1. The highest BCUT2D eigenvalue weighted by atomic mass is 32.2. The Kier molecular flexibility index (Phi) is 34.2. The summed E-state index contributed by atoms with van der Waals surface area (Å²) >= 11 is 1.24. The average molecular weight is 410 g/mol. The van der Waals surface area contributed by atoms with E-state index in [1.165, 1.54) is 60.6 Å². The number of esters is 2. The number of ether oxygens (including phenoxy) is 2. The molecule has 0 saturated heterocycles. The average Bonchev–Trinajstić information content (AvgIpc) is 2.54. The van der Waals surface area contributed by atoms with Crippen LogP contribution in [0.4, 0.5) is 0 Å². The lowest BCUT2D eigenvalue weighted by Crippen LogP contribution is -2.10. The third-order valence-electron chi connectivity index (χ3n) is 1.54. The highest BCUT2D eigenvalue weighted by Crippen LogP contribution is 1.88. The summed E-state index contributed by atoms with van der Waals surface area (Å²) in [6.07, 6.45) is 1.77. The molecule has 0 bridgehead atoms. The molecule has 0 saturated carbocycles. The molecule has 10 heteroatoms. The standard InChI is InChI=1S/C4H6O3.C4H6O2.C3H6O2.C3H6OS.C3H6O/c1-3(5)4(6)7-2;1-3(5)4(2)6;2*1-3(4)5-2;1-3(2)4/h1-2H3;1-2H3;2*1-2H3;1-2H3. The zero-order valence-electron chi connectivity index (χ0n) is 17.6. The van der Waals surface area contributed by atoms with E-state index in [0.717, 1.165) is 6.92 Å². The third-order valence-corrected chi connectivity index (χ3v) is 2.12. The Bertz CT molecular complexity index is 467. The van der Waals surface area contributed by atoms with Gasteiger partial charge in [-0.25, -0.2) is 4.79 Å². The highest BCUT2D eigenvalue weighted by Gasteiger charge is 2.03. The van der Waals surface area contributed by atoms with Crippen LogP contribution in [-0.2, 0) is 43.0 Å². The van der Waals surface area contributed by atoms with Crippen LogP contribution in [-0.4, -0.2) is 60.7 Å². The molecule has 158 valence electrons. The first-order valence-electron chi connectivity index (χ1n) is 7.27. The summed E-state index contributed by atoms with van der Waals surface area (Å²) in [5.41, 5.74) is 0. The second kappa shape index (κ2) is 25.9. The molecule has 0 rings (SSSR count). The molecule has 9 nitrogen and oxygen atoms in total. The van der Waals surface area contributed by atoms with Crippen molar-refractivity contribution in [1.82, 2.24) is 0 Å². The van der Waals surface area contributed by atoms with Crippen LogP contribution in [0.15, 0.2) is 0 Å². The summed E-state index contributed by atoms with van der Waals surface area (Å²) in [7, 11) is 2.52. The minimum Gasteiger partial charge on any atom is -0.469 e. The van der Waals surface area contributed by atoms with Crippen LogP contribution < -0.4 is 0 Å². The smallest absolute Gasteiger partial charge is 0.374 e. The van der Waals surface area contributed by atoms with Crippen molar-refractivity contribution < 1.29 is 43.0 Å². The van der Waals surface area contributed by atoms with Gasteiger partial charge in [-0.2, -0.15) is 0 Å². The maximum absolute atomic E-state index is 9.94. The minimum atomic E-state index is -0.792. The molecule has 0 unspecified atom stereocenters. The lowest BCUT2D eigenvalue weighted by atomic mass is 10.3. The predicted octanol–water partition coefficient (Wildman–Crippen LogP) is 1.58. The highest BCUT2D eigenvalue weighted by molar-refractivity contribution is 8.12. The Morgan fingerprint density at radius 3 is 0.815 bits per heavy atom. The van der Waals surface area contributed by atoms with E-state index < -0.39 is 11.8 Å². The molecule has 27 heavy (non-hydrogen) atoms. The van der Waals surface area contributed by atoms with Gasteiger partial charge in [-0.05, 0) is 20.1 Å². The summed E-state index contributed by atoms with van der Waals surface area (Å²) in [5.74, 6) is -2.20. The van der Waals surface area contributed by atoms with Gasteiger partial charge in [0.15, 0.2) is 16.7 Å². The minimum absolute atomic E-state index is 0.167. The van der Waals surface area contributed by atoms with Gasteiger partial charge in [0, 0.05) is 34.6 Å². The SMILES string of the molecule is CC(=O)C(C)=O.CC(C)=O.COC(=O)C(C)=O.COC(C)=O.CSC(C)=O. The lowest BCUT2D eigenvalue weighted by molar-refractivity contribution is -0.150. The fraction of sp³-hybridized carbons (Fsp3) is 0.588. The van der Waals surface area contributed by atoms with Crippen molar-refractivity contribution in [2.24, 2.45) is 0 Å². The number of hydrogen-bond donors (Lipinski definition) is 0. The Morgan fingerprint density at radius 1 is 0.593 bits per heavy atom. The topological polar surface area (TPSA) is 138 Å². The van der Waals surface area contributed by atoms with Gasteiger partial charge in [-0.1, -0.05) is 11.8 Å². The van der Waals surface area contributed by atoms with E-state index in [0.29, 0.717) is 0 Å². The molecular formula is C17H30O9S. The number of carbonyl (C=O) groups excluding carboxylic acids is 7. The molecule has 0 heterocycles. The molecule has 0 amide bonds. The van der Waals surface area contributed by atoms with Crippen LogP contribution in [0.2, 0.25) is 0 Å². The first-order valence-corrected chi connectivity index (χ1v) is 8.49. The molecule has 0 aromatic carbocycles. The number of Topliss-reactive ketones (excluding diaryl/α,β-unsaturated/α-hetero) is 4. The van der Waals surface area contributed by atoms with Gasteiger partial charge in [0.2, 0.25) is 5.78 Å². The van der Waals surface area contributed by atoms with Crippen molar-refractivity contribution in [2.45, 2.75) is 48.5 Å². The molecule has 0 N–H and O–H groups in total. The fourth-order valence-electron chi connectivity index (χ4n) is 0.144. The van der Waals surface area contributed by atoms with Crippen molar-refractivity contribution in [1.29, 1.82) is 0 Å². The van der Waals surface area contributed by atoms with Gasteiger partial charge in [0.1, 0.15) is 5.78 Å². The van der Waals surface area contributed by atoms with Gasteiger partial charge in [0.05, 0.1) is 14.2 Å². The second-order valence-electron chi connectivity index (χ2n) is 4.46. The van der Waals surface area contributed by atoms with Crippen LogP contribution in [0, 0.1) is 0 Å². The zero-order chi connectivity index (χ0) is 23.2. The molecular weight excluding hydrogens is 380 g/mol. The largest absolute Gasteiger partial charge is 0.469 e. The quantitative estimate of drug-likeness (QED) is 0.487. The fourth-order valence-corrected chi connectivity index (χ4v) is 0.144. The van der Waals surface area contributed by atoms with Crippen LogP contribution in [0.5, 0.6) is 0 Å². The summed E-state index contributed by atoms with van der Waals surface area (Å²) in [5, 5.41) is 0.171. The molecule has 0 atom stereocenters. The Morgan fingerprint density at radius 2 is 0.815 bits per heavy atom. The molecule has 0 spiro atoms. The van der Waals surface area contributed by atoms with Crippen LogP contribution >= 0.6 is 11.8 Å². The lowest BCUT2D eigenvalue weighted by Gasteiger charge is -1.86. The Labute approximate surface area is 164 Å². The molecule has 0 aliphatic carbocycles. The van der Waals surface area contributed by atoms with Crippen LogP contribution in [0.1, 0.15) is 48.5 Å². The summed E-state index contributed by atoms with van der Waals surface area (Å²) < 4.78 is 8.13. The number of ketones is 4. The molecule has 0 aliphatic rings. The second-order valence-corrected chi connectivity index (χ2v) is 5.44. The van der Waals surface area contributed by atoms with E-state index in [9.17, 15) is 33.6 Å². The van der Waals surface area contributed by atoms with Crippen molar-refractivity contribution >= 4 is 51.9 Å².